The number of carbonyl (C=O) groups excluding carboxylic acids is 2. The zero-order valence-corrected chi connectivity index (χ0v) is 33.9. The number of hydrogen-bond acceptors (Lipinski definition) is 4. The summed E-state index contributed by atoms with van der Waals surface area (Å²) in [5.74, 6) is 7.70. The first kappa shape index (κ1) is 37.1. The molecule has 8 aliphatic rings. The third kappa shape index (κ3) is 5.93. The second kappa shape index (κ2) is 12.7. The molecule has 5 heteroatoms. The van der Waals surface area contributed by atoms with Crippen LogP contribution in [0.5, 0.6) is 0 Å². The molecule has 4 nitrogen and oxygen atoms in total. The van der Waals surface area contributed by atoms with Gasteiger partial charge in [0.15, 0.2) is 0 Å². The van der Waals surface area contributed by atoms with E-state index in [1.165, 1.54) is 77.0 Å². The topological polar surface area (TPSA) is 74.6 Å². The van der Waals surface area contributed by atoms with Gasteiger partial charge in [0.25, 0.3) is 0 Å². The molecule has 0 aromatic carbocycles. The van der Waals surface area contributed by atoms with Crippen molar-refractivity contribution < 1.29 is 19.8 Å². The first-order valence-corrected chi connectivity index (χ1v) is 22.0. The van der Waals surface area contributed by atoms with Crippen molar-refractivity contribution in [1.82, 2.24) is 0 Å². The van der Waals surface area contributed by atoms with Crippen molar-refractivity contribution in [2.45, 2.75) is 175 Å². The molecule has 49 heavy (non-hydrogen) atoms. The van der Waals surface area contributed by atoms with Crippen LogP contribution in [0.4, 0.5) is 0 Å². The molecule has 8 rings (SSSR count). The SMILES string of the molecule is CC(=O)[C@H]1CC[C@H]2[C@@H]3CCC4C[C@](C)(O)CC[C@]4(C)C3CC[C@]12C.C[C@@]1(O)CC[C@@]2(C)C(CC[C@@H]3C2CC[C@]2(C)[C@@H](C(=O)CBr)CC[C@@H]32)C1. The van der Waals surface area contributed by atoms with Crippen LogP contribution >= 0.6 is 15.9 Å². The summed E-state index contributed by atoms with van der Waals surface area (Å²) in [7, 11) is 0. The Labute approximate surface area is 307 Å². The van der Waals surface area contributed by atoms with Crippen LogP contribution in [0.15, 0.2) is 0 Å². The number of Topliss-reactive ketones (excluding diaryl/α,β-unsaturated/α-hetero) is 2. The summed E-state index contributed by atoms with van der Waals surface area (Å²) in [6, 6.07) is 0. The van der Waals surface area contributed by atoms with Gasteiger partial charge in [-0.3, -0.25) is 9.59 Å². The van der Waals surface area contributed by atoms with E-state index in [1.807, 2.05) is 20.8 Å². The molecule has 278 valence electrons. The Morgan fingerprint density at radius 3 is 1.37 bits per heavy atom. The zero-order chi connectivity index (χ0) is 35.4. The largest absolute Gasteiger partial charge is 0.390 e. The van der Waals surface area contributed by atoms with Gasteiger partial charge in [-0.1, -0.05) is 43.6 Å². The number of fused-ring (bicyclic) bond motifs is 10. The molecule has 0 aliphatic heterocycles. The lowest BCUT2D eigenvalue weighted by Gasteiger charge is -2.61. The minimum atomic E-state index is -0.444. The molecule has 8 aliphatic carbocycles. The molecule has 0 aromatic heterocycles. The van der Waals surface area contributed by atoms with Crippen LogP contribution in [0.25, 0.3) is 0 Å². The second-order valence-corrected chi connectivity index (χ2v) is 21.8. The van der Waals surface area contributed by atoms with Crippen molar-refractivity contribution in [2.75, 3.05) is 5.33 Å². The molecule has 0 heterocycles. The monoisotopic (exact) mass is 742 g/mol. The second-order valence-electron chi connectivity index (χ2n) is 21.3. The van der Waals surface area contributed by atoms with Gasteiger partial charge in [-0.25, -0.2) is 0 Å². The van der Waals surface area contributed by atoms with Gasteiger partial charge in [-0.05, 0) is 205 Å². The molecule has 0 radical (unpaired) electrons. The van der Waals surface area contributed by atoms with Gasteiger partial charge in [0.05, 0.1) is 16.5 Å². The fraction of sp³-hybridized carbons (Fsp3) is 0.955. The van der Waals surface area contributed by atoms with E-state index in [4.69, 9.17) is 0 Å². The van der Waals surface area contributed by atoms with Crippen molar-refractivity contribution in [1.29, 1.82) is 0 Å². The van der Waals surface area contributed by atoms with Gasteiger partial charge < -0.3 is 10.2 Å². The normalized spacial score (nSPS) is 56.0. The predicted octanol–water partition coefficient (Wildman–Crippen LogP) is 10.3. The van der Waals surface area contributed by atoms with Crippen molar-refractivity contribution in [3.8, 4) is 0 Å². The number of hydrogen-bond donors (Lipinski definition) is 2. The lowest BCUT2D eigenvalue weighted by Crippen LogP contribution is -2.55. The van der Waals surface area contributed by atoms with E-state index in [9.17, 15) is 19.8 Å². The minimum absolute atomic E-state index is 0.245. The van der Waals surface area contributed by atoms with Gasteiger partial charge in [0, 0.05) is 11.8 Å². The van der Waals surface area contributed by atoms with E-state index in [0.717, 1.165) is 74.0 Å². The molecular weight excluding hydrogens is 672 g/mol. The summed E-state index contributed by atoms with van der Waals surface area (Å²) in [4.78, 5) is 24.7. The Morgan fingerprint density at radius 1 is 0.531 bits per heavy atom. The van der Waals surface area contributed by atoms with Crippen molar-refractivity contribution in [2.24, 2.45) is 80.8 Å². The first-order chi connectivity index (χ1) is 22.9. The summed E-state index contributed by atoms with van der Waals surface area (Å²) >= 11 is 3.43. The fourth-order valence-corrected chi connectivity index (χ4v) is 16.5. The predicted molar refractivity (Wildman–Crippen MR) is 201 cm³/mol. The molecule has 0 bridgehead atoms. The zero-order valence-electron chi connectivity index (χ0n) is 32.3. The minimum Gasteiger partial charge on any atom is -0.390 e. The maximum Gasteiger partial charge on any atom is 0.147 e. The van der Waals surface area contributed by atoms with E-state index in [2.05, 4.69) is 43.6 Å². The average Bonchev–Trinajstić information content (AvgIpc) is 3.58. The molecule has 16 atom stereocenters. The fourth-order valence-electron chi connectivity index (χ4n) is 16.2. The Morgan fingerprint density at radius 2 is 0.939 bits per heavy atom. The molecular formula is C44H71BrO4. The average molecular weight is 744 g/mol. The molecule has 8 saturated carbocycles. The number of alkyl halides is 1. The van der Waals surface area contributed by atoms with Crippen LogP contribution in [-0.4, -0.2) is 38.3 Å². The Bertz CT molecular complexity index is 1290. The Kier molecular flexibility index (Phi) is 9.58. The highest BCUT2D eigenvalue weighted by molar-refractivity contribution is 9.09. The summed E-state index contributed by atoms with van der Waals surface area (Å²) in [6.07, 6.45) is 21.5. The highest BCUT2D eigenvalue weighted by atomic mass is 79.9. The number of ketones is 2. The molecule has 4 unspecified atom stereocenters. The highest BCUT2D eigenvalue weighted by Gasteiger charge is 2.63. The Hall–Kier alpha value is -0.260. The van der Waals surface area contributed by atoms with E-state index >= 15 is 0 Å². The number of halogens is 1. The lowest BCUT2D eigenvalue weighted by molar-refractivity contribution is -0.150. The smallest absolute Gasteiger partial charge is 0.147 e. The third-order valence-electron chi connectivity index (χ3n) is 18.9. The van der Waals surface area contributed by atoms with Gasteiger partial charge in [-0.15, -0.1) is 0 Å². The first-order valence-electron chi connectivity index (χ1n) is 20.9. The van der Waals surface area contributed by atoms with Crippen LogP contribution in [-0.2, 0) is 9.59 Å². The number of aliphatic hydroxyl groups is 2. The summed E-state index contributed by atoms with van der Waals surface area (Å²) in [5.41, 5.74) is 0.491. The van der Waals surface area contributed by atoms with E-state index < -0.39 is 11.2 Å². The maximum atomic E-state index is 12.5. The van der Waals surface area contributed by atoms with E-state index in [-0.39, 0.29) is 16.7 Å². The van der Waals surface area contributed by atoms with Crippen molar-refractivity contribution in [3.05, 3.63) is 0 Å². The molecule has 2 N–H and O–H groups in total. The van der Waals surface area contributed by atoms with Gasteiger partial charge >= 0.3 is 0 Å². The number of rotatable bonds is 3. The molecule has 0 spiro atoms. The molecule has 0 aromatic rings. The summed E-state index contributed by atoms with van der Waals surface area (Å²) in [5, 5.41) is 21.7. The van der Waals surface area contributed by atoms with Crippen LogP contribution in [0.3, 0.4) is 0 Å². The van der Waals surface area contributed by atoms with Crippen LogP contribution in [0, 0.1) is 80.8 Å². The molecule has 0 saturated heterocycles. The van der Waals surface area contributed by atoms with Gasteiger partial charge in [-0.2, -0.15) is 0 Å². The Balaban J connectivity index is 0.000000154. The summed E-state index contributed by atoms with van der Waals surface area (Å²) in [6.45, 7) is 15.9. The van der Waals surface area contributed by atoms with Crippen LogP contribution in [0.2, 0.25) is 0 Å². The number of carbonyl (C=O) groups is 2. The standard InChI is InChI=1S/C22H35BrO2.C22H36O2/c1-20(25)10-11-21(2)14(12-20)4-5-15-16-6-7-18(19(24)13-23)22(16,3)9-8-17(15)21;1-14(23)17-7-8-18-16-6-5-15-13-20(2,24)11-12-21(15,3)19(16)9-10-22(17,18)4/h14-18,25H,4-13H2,1-3H3;15-19,24H,5-13H2,1-4H3/t14?,15-,16-,17?,18+,20+,21-,22-;15?,16-,17+,18-,19?,20+,21-,22+/m00/s1. The third-order valence-corrected chi connectivity index (χ3v) is 19.5. The molecule has 0 amide bonds. The van der Waals surface area contributed by atoms with Gasteiger partial charge in [0.2, 0.25) is 0 Å². The van der Waals surface area contributed by atoms with Crippen LogP contribution in [0.1, 0.15) is 164 Å². The highest BCUT2D eigenvalue weighted by Crippen LogP contribution is 2.69. The molecule has 8 fully saturated rings. The quantitative estimate of drug-likeness (QED) is 0.282. The van der Waals surface area contributed by atoms with Crippen molar-refractivity contribution in [3.63, 3.8) is 0 Å². The van der Waals surface area contributed by atoms with E-state index in [1.54, 1.807) is 0 Å². The van der Waals surface area contributed by atoms with Crippen molar-refractivity contribution >= 4 is 27.5 Å². The van der Waals surface area contributed by atoms with E-state index in [0.29, 0.717) is 45.5 Å². The van der Waals surface area contributed by atoms with Crippen LogP contribution < -0.4 is 0 Å². The lowest BCUT2D eigenvalue weighted by atomic mass is 9.44. The maximum absolute atomic E-state index is 12.5. The van der Waals surface area contributed by atoms with Gasteiger partial charge in [0.1, 0.15) is 11.6 Å². The summed E-state index contributed by atoms with van der Waals surface area (Å²) < 4.78 is 0.